The number of hydrogen-bond acceptors (Lipinski definition) is 3. The van der Waals surface area contributed by atoms with E-state index >= 15 is 0 Å². The largest absolute Gasteiger partial charge is 0.481 e. The van der Waals surface area contributed by atoms with Crippen molar-refractivity contribution in [1.82, 2.24) is 0 Å². The number of carbonyl (C=O) groups excluding carboxylic acids is 2. The average molecular weight is 292 g/mol. The Morgan fingerprint density at radius 1 is 1.05 bits per heavy atom. The summed E-state index contributed by atoms with van der Waals surface area (Å²) in [6.07, 6.45) is 0. The number of carbonyl (C=O) groups is 3. The molecule has 1 unspecified atom stereocenters. The first-order valence-electron chi connectivity index (χ1n) is 6.67. The van der Waals surface area contributed by atoms with Gasteiger partial charge in [-0.25, -0.2) is 0 Å². The van der Waals surface area contributed by atoms with Crippen LogP contribution in [0.2, 0.25) is 0 Å². The lowest BCUT2D eigenvalue weighted by atomic mass is 10.1. The zero-order valence-corrected chi connectivity index (χ0v) is 12.6. The maximum absolute atomic E-state index is 11.8. The molecular formula is C15H20N2O4. The standard InChI is InChI=1S/C15H20N2O4/c1-8(2)13(18)16-11-6-5-9(3)12(7-11)17-14(19)10(4)15(20)21/h5-8,10H,1-4H3,(H,16,18)(H,17,19)(H,20,21). The number of benzene rings is 1. The van der Waals surface area contributed by atoms with Crippen LogP contribution in [0.3, 0.4) is 0 Å². The Labute approximate surface area is 123 Å². The zero-order chi connectivity index (χ0) is 16.2. The molecule has 0 saturated carbocycles. The number of hydrogen-bond donors (Lipinski definition) is 3. The van der Waals surface area contributed by atoms with E-state index in [2.05, 4.69) is 10.6 Å². The molecule has 0 fully saturated rings. The molecule has 0 heterocycles. The topological polar surface area (TPSA) is 95.5 Å². The van der Waals surface area contributed by atoms with Crippen LogP contribution in [0.1, 0.15) is 26.3 Å². The molecule has 0 aliphatic rings. The molecule has 0 aliphatic carbocycles. The summed E-state index contributed by atoms with van der Waals surface area (Å²) in [4.78, 5) is 34.2. The maximum Gasteiger partial charge on any atom is 0.315 e. The van der Waals surface area contributed by atoms with E-state index in [1.165, 1.54) is 6.92 Å². The van der Waals surface area contributed by atoms with Gasteiger partial charge in [0, 0.05) is 17.3 Å². The molecule has 1 aromatic rings. The molecule has 0 bridgehead atoms. The van der Waals surface area contributed by atoms with Crippen LogP contribution in [-0.2, 0) is 14.4 Å². The molecule has 21 heavy (non-hydrogen) atoms. The summed E-state index contributed by atoms with van der Waals surface area (Å²) >= 11 is 0. The molecule has 6 nitrogen and oxygen atoms in total. The van der Waals surface area contributed by atoms with Gasteiger partial charge in [-0.15, -0.1) is 0 Å². The molecule has 2 amide bonds. The van der Waals surface area contributed by atoms with Crippen LogP contribution in [0.25, 0.3) is 0 Å². The number of rotatable bonds is 5. The minimum absolute atomic E-state index is 0.130. The third-order valence-corrected chi connectivity index (χ3v) is 3.05. The van der Waals surface area contributed by atoms with Gasteiger partial charge in [-0.3, -0.25) is 14.4 Å². The monoisotopic (exact) mass is 292 g/mol. The van der Waals surface area contributed by atoms with Crippen molar-refractivity contribution in [3.05, 3.63) is 23.8 Å². The number of aliphatic carboxylic acids is 1. The van der Waals surface area contributed by atoms with E-state index in [9.17, 15) is 14.4 Å². The van der Waals surface area contributed by atoms with E-state index in [1.807, 2.05) is 0 Å². The minimum atomic E-state index is -1.19. The molecule has 1 atom stereocenters. The fourth-order valence-corrected chi connectivity index (χ4v) is 1.47. The van der Waals surface area contributed by atoms with E-state index in [0.717, 1.165) is 5.56 Å². The Balaban J connectivity index is 2.90. The second kappa shape index (κ2) is 6.88. The number of aryl methyl sites for hydroxylation is 1. The summed E-state index contributed by atoms with van der Waals surface area (Å²) in [5.41, 5.74) is 1.82. The van der Waals surface area contributed by atoms with Crippen molar-refractivity contribution in [3.8, 4) is 0 Å². The summed E-state index contributed by atoms with van der Waals surface area (Å²) in [5.74, 6) is -3.21. The van der Waals surface area contributed by atoms with E-state index in [0.29, 0.717) is 11.4 Å². The number of carboxylic acid groups (broad SMARTS) is 1. The normalized spacial score (nSPS) is 11.9. The van der Waals surface area contributed by atoms with Gasteiger partial charge < -0.3 is 15.7 Å². The Bertz CT molecular complexity index is 567. The SMILES string of the molecule is Cc1ccc(NC(=O)C(C)C)cc1NC(=O)C(C)C(=O)O. The van der Waals surface area contributed by atoms with Gasteiger partial charge in [0.2, 0.25) is 11.8 Å². The highest BCUT2D eigenvalue weighted by molar-refractivity contribution is 6.04. The quantitative estimate of drug-likeness (QED) is 0.725. The summed E-state index contributed by atoms with van der Waals surface area (Å²) < 4.78 is 0. The molecule has 6 heteroatoms. The molecule has 1 rings (SSSR count). The first-order chi connectivity index (χ1) is 9.72. The molecule has 0 aliphatic heterocycles. The highest BCUT2D eigenvalue weighted by atomic mass is 16.4. The van der Waals surface area contributed by atoms with Crippen molar-refractivity contribution < 1.29 is 19.5 Å². The molecule has 0 saturated heterocycles. The van der Waals surface area contributed by atoms with Crippen LogP contribution in [0, 0.1) is 18.8 Å². The Morgan fingerprint density at radius 3 is 2.19 bits per heavy atom. The lowest BCUT2D eigenvalue weighted by Gasteiger charge is -2.13. The fourth-order valence-electron chi connectivity index (χ4n) is 1.47. The summed E-state index contributed by atoms with van der Waals surface area (Å²) in [7, 11) is 0. The Morgan fingerprint density at radius 2 is 1.67 bits per heavy atom. The van der Waals surface area contributed by atoms with Gasteiger partial charge in [0.1, 0.15) is 5.92 Å². The van der Waals surface area contributed by atoms with Crippen molar-refractivity contribution in [3.63, 3.8) is 0 Å². The molecule has 114 valence electrons. The van der Waals surface area contributed by atoms with E-state index in [-0.39, 0.29) is 11.8 Å². The van der Waals surface area contributed by atoms with Gasteiger partial charge in [0.15, 0.2) is 0 Å². The van der Waals surface area contributed by atoms with E-state index in [1.54, 1.807) is 39.0 Å². The fraction of sp³-hybridized carbons (Fsp3) is 0.400. The van der Waals surface area contributed by atoms with Crippen LogP contribution in [0.5, 0.6) is 0 Å². The number of amides is 2. The van der Waals surface area contributed by atoms with Crippen LogP contribution < -0.4 is 10.6 Å². The number of anilines is 2. The first-order valence-corrected chi connectivity index (χ1v) is 6.67. The van der Waals surface area contributed by atoms with Gasteiger partial charge in [0.25, 0.3) is 0 Å². The summed E-state index contributed by atoms with van der Waals surface area (Å²) in [5, 5.41) is 14.1. The van der Waals surface area contributed by atoms with Gasteiger partial charge in [-0.05, 0) is 31.5 Å². The highest BCUT2D eigenvalue weighted by Gasteiger charge is 2.21. The molecular weight excluding hydrogens is 272 g/mol. The predicted octanol–water partition coefficient (Wildman–Crippen LogP) is 2.25. The lowest BCUT2D eigenvalue weighted by molar-refractivity contribution is -0.144. The van der Waals surface area contributed by atoms with Gasteiger partial charge >= 0.3 is 5.97 Å². The second-order valence-corrected chi connectivity index (χ2v) is 5.22. The molecule has 0 aromatic heterocycles. The molecule has 3 N–H and O–H groups in total. The number of nitrogens with one attached hydrogen (secondary N) is 2. The van der Waals surface area contributed by atoms with Crippen LogP contribution in [-0.4, -0.2) is 22.9 Å². The van der Waals surface area contributed by atoms with E-state index < -0.39 is 17.8 Å². The summed E-state index contributed by atoms with van der Waals surface area (Å²) in [6, 6.07) is 5.09. The summed E-state index contributed by atoms with van der Waals surface area (Å²) in [6.45, 7) is 6.66. The smallest absolute Gasteiger partial charge is 0.315 e. The van der Waals surface area contributed by atoms with Crippen molar-refractivity contribution in [2.45, 2.75) is 27.7 Å². The molecule has 0 spiro atoms. The van der Waals surface area contributed by atoms with Crippen LogP contribution in [0.15, 0.2) is 18.2 Å². The first kappa shape index (κ1) is 16.7. The predicted molar refractivity (Wildman–Crippen MR) is 80.1 cm³/mol. The highest BCUT2D eigenvalue weighted by Crippen LogP contribution is 2.21. The van der Waals surface area contributed by atoms with E-state index in [4.69, 9.17) is 5.11 Å². The Hall–Kier alpha value is -2.37. The Kier molecular flexibility index (Phi) is 5.46. The second-order valence-electron chi connectivity index (χ2n) is 5.22. The number of carboxylic acids is 1. The van der Waals surface area contributed by atoms with Crippen molar-refractivity contribution in [2.75, 3.05) is 10.6 Å². The van der Waals surface area contributed by atoms with Crippen LogP contribution in [0.4, 0.5) is 11.4 Å². The van der Waals surface area contributed by atoms with Crippen molar-refractivity contribution in [2.24, 2.45) is 11.8 Å². The third-order valence-electron chi connectivity index (χ3n) is 3.05. The molecule has 1 aromatic carbocycles. The van der Waals surface area contributed by atoms with Crippen molar-refractivity contribution in [1.29, 1.82) is 0 Å². The minimum Gasteiger partial charge on any atom is -0.481 e. The third kappa shape index (κ3) is 4.59. The van der Waals surface area contributed by atoms with Gasteiger partial charge in [-0.1, -0.05) is 19.9 Å². The van der Waals surface area contributed by atoms with Crippen molar-refractivity contribution >= 4 is 29.2 Å². The van der Waals surface area contributed by atoms with Gasteiger partial charge in [0.05, 0.1) is 0 Å². The van der Waals surface area contributed by atoms with Gasteiger partial charge in [-0.2, -0.15) is 0 Å². The lowest BCUT2D eigenvalue weighted by Crippen LogP contribution is -2.27. The maximum atomic E-state index is 11.8. The van der Waals surface area contributed by atoms with Crippen LogP contribution >= 0.6 is 0 Å². The average Bonchev–Trinajstić information content (AvgIpc) is 2.41. The zero-order valence-electron chi connectivity index (χ0n) is 12.6. The molecule has 0 radical (unpaired) electrons.